The number of rotatable bonds is 5. The molecule has 0 atom stereocenters. The summed E-state index contributed by atoms with van der Waals surface area (Å²) in [4.78, 5) is 20.7. The average molecular weight is 331 g/mol. The smallest absolute Gasteiger partial charge is 0.251 e. The van der Waals surface area contributed by atoms with Crippen LogP contribution in [0.4, 0.5) is 0 Å². The largest absolute Gasteiger partial charge is 0.350 e. The number of nitrogens with zero attached hydrogens (tertiary/aromatic N) is 4. The van der Waals surface area contributed by atoms with Gasteiger partial charge in [0.05, 0.1) is 11.6 Å². The van der Waals surface area contributed by atoms with E-state index in [1.165, 1.54) is 0 Å². The van der Waals surface area contributed by atoms with Crippen LogP contribution in [-0.2, 0) is 6.54 Å². The van der Waals surface area contributed by atoms with Crippen molar-refractivity contribution in [3.05, 3.63) is 71.8 Å². The molecule has 0 aliphatic heterocycles. The number of carbonyl (C=O) groups is 1. The van der Waals surface area contributed by atoms with Crippen molar-refractivity contribution in [2.75, 3.05) is 6.54 Å². The maximum atomic E-state index is 12.2. The first kappa shape index (κ1) is 16.4. The molecule has 0 fully saturated rings. The summed E-state index contributed by atoms with van der Waals surface area (Å²) in [5.74, 6) is 0.695. The first-order chi connectivity index (χ1) is 12.2. The molecular weight excluding hydrogens is 314 g/mol. The molecule has 0 spiro atoms. The lowest BCUT2D eigenvalue weighted by Crippen LogP contribution is -2.27. The van der Waals surface area contributed by atoms with Gasteiger partial charge in [-0.3, -0.25) is 9.78 Å². The van der Waals surface area contributed by atoms with Gasteiger partial charge in [0.2, 0.25) is 0 Å². The van der Waals surface area contributed by atoms with E-state index in [9.17, 15) is 4.79 Å². The molecule has 0 unspecified atom stereocenters. The van der Waals surface area contributed by atoms with Crippen LogP contribution in [-0.4, -0.2) is 27.0 Å². The summed E-state index contributed by atoms with van der Waals surface area (Å²) in [6.07, 6.45) is 5.28. The van der Waals surface area contributed by atoms with Gasteiger partial charge < -0.3 is 9.88 Å². The first-order valence-electron chi connectivity index (χ1n) is 7.90. The zero-order valence-electron chi connectivity index (χ0n) is 13.8. The SMILES string of the molecule is Cc1cnc(-c2ccncc2)n1CCNC(=O)c1ccc(C#N)cc1. The lowest BCUT2D eigenvalue weighted by Gasteiger charge is -2.11. The lowest BCUT2D eigenvalue weighted by molar-refractivity contribution is 0.0952. The summed E-state index contributed by atoms with van der Waals surface area (Å²) < 4.78 is 2.06. The molecule has 0 saturated carbocycles. The number of amides is 1. The monoisotopic (exact) mass is 331 g/mol. The minimum absolute atomic E-state index is 0.160. The average Bonchev–Trinajstić information content (AvgIpc) is 3.03. The van der Waals surface area contributed by atoms with Gasteiger partial charge in [0.15, 0.2) is 0 Å². The van der Waals surface area contributed by atoms with Gasteiger partial charge in [-0.05, 0) is 43.3 Å². The number of pyridine rings is 1. The predicted molar refractivity (Wildman–Crippen MR) is 93.7 cm³/mol. The van der Waals surface area contributed by atoms with Crippen LogP contribution in [0.2, 0.25) is 0 Å². The van der Waals surface area contributed by atoms with E-state index in [0.717, 1.165) is 17.1 Å². The van der Waals surface area contributed by atoms with E-state index in [4.69, 9.17) is 5.26 Å². The summed E-state index contributed by atoms with van der Waals surface area (Å²) in [7, 11) is 0. The topological polar surface area (TPSA) is 83.6 Å². The molecule has 0 radical (unpaired) electrons. The van der Waals surface area contributed by atoms with Crippen molar-refractivity contribution < 1.29 is 4.79 Å². The van der Waals surface area contributed by atoms with E-state index < -0.39 is 0 Å². The number of hydrogen-bond acceptors (Lipinski definition) is 4. The Labute approximate surface area is 145 Å². The molecule has 3 rings (SSSR count). The van der Waals surface area contributed by atoms with Crippen molar-refractivity contribution in [2.45, 2.75) is 13.5 Å². The highest BCUT2D eigenvalue weighted by Crippen LogP contribution is 2.18. The third kappa shape index (κ3) is 3.72. The number of nitriles is 1. The van der Waals surface area contributed by atoms with E-state index in [-0.39, 0.29) is 5.91 Å². The Bertz CT molecular complexity index is 907. The standard InChI is InChI=1S/C19H17N5O/c1-14-13-23-18(16-6-8-21-9-7-16)24(14)11-10-22-19(25)17-4-2-15(12-20)3-5-17/h2-9,13H,10-11H2,1H3,(H,22,25). The van der Waals surface area contributed by atoms with Gasteiger partial charge in [0, 0.05) is 48.5 Å². The number of imidazole rings is 1. The molecular formula is C19H17N5O. The molecule has 2 aromatic heterocycles. The minimum atomic E-state index is -0.160. The summed E-state index contributed by atoms with van der Waals surface area (Å²) in [6, 6.07) is 12.4. The number of hydrogen-bond donors (Lipinski definition) is 1. The summed E-state index contributed by atoms with van der Waals surface area (Å²) in [5, 5.41) is 11.7. The summed E-state index contributed by atoms with van der Waals surface area (Å²) in [6.45, 7) is 3.08. The molecule has 0 bridgehead atoms. The lowest BCUT2D eigenvalue weighted by atomic mass is 10.1. The number of aryl methyl sites for hydroxylation is 1. The van der Waals surface area contributed by atoms with Crippen LogP contribution in [0.25, 0.3) is 11.4 Å². The van der Waals surface area contributed by atoms with Crippen LogP contribution >= 0.6 is 0 Å². The highest BCUT2D eigenvalue weighted by molar-refractivity contribution is 5.94. The molecule has 1 amide bonds. The fourth-order valence-corrected chi connectivity index (χ4v) is 2.55. The van der Waals surface area contributed by atoms with Crippen molar-refractivity contribution in [1.82, 2.24) is 19.9 Å². The third-order valence-corrected chi connectivity index (χ3v) is 3.89. The van der Waals surface area contributed by atoms with E-state index in [1.807, 2.05) is 31.3 Å². The summed E-state index contributed by atoms with van der Waals surface area (Å²) >= 11 is 0. The maximum absolute atomic E-state index is 12.2. The minimum Gasteiger partial charge on any atom is -0.350 e. The molecule has 6 nitrogen and oxygen atoms in total. The van der Waals surface area contributed by atoms with Crippen LogP contribution in [0.5, 0.6) is 0 Å². The molecule has 0 aliphatic rings. The van der Waals surface area contributed by atoms with E-state index in [2.05, 4.69) is 19.9 Å². The van der Waals surface area contributed by atoms with Gasteiger partial charge in [0.1, 0.15) is 5.82 Å². The van der Waals surface area contributed by atoms with Crippen molar-refractivity contribution in [3.8, 4) is 17.5 Å². The van der Waals surface area contributed by atoms with Crippen molar-refractivity contribution in [1.29, 1.82) is 5.26 Å². The van der Waals surface area contributed by atoms with Crippen LogP contribution in [0.1, 0.15) is 21.6 Å². The maximum Gasteiger partial charge on any atom is 0.251 e. The van der Waals surface area contributed by atoms with Gasteiger partial charge in [-0.15, -0.1) is 0 Å². The highest BCUT2D eigenvalue weighted by atomic mass is 16.1. The van der Waals surface area contributed by atoms with Gasteiger partial charge in [-0.2, -0.15) is 5.26 Å². The Balaban J connectivity index is 1.65. The van der Waals surface area contributed by atoms with Crippen molar-refractivity contribution in [3.63, 3.8) is 0 Å². The number of carbonyl (C=O) groups excluding carboxylic acids is 1. The van der Waals surface area contributed by atoms with Gasteiger partial charge in [-0.1, -0.05) is 0 Å². The fraction of sp³-hybridized carbons (Fsp3) is 0.158. The normalized spacial score (nSPS) is 10.2. The Morgan fingerprint density at radius 3 is 2.60 bits per heavy atom. The van der Waals surface area contributed by atoms with Gasteiger partial charge in [0.25, 0.3) is 5.91 Å². The second kappa shape index (κ2) is 7.41. The number of aromatic nitrogens is 3. The Hall–Kier alpha value is -3.46. The zero-order chi connectivity index (χ0) is 17.6. The number of benzene rings is 1. The first-order valence-corrected chi connectivity index (χ1v) is 7.90. The quantitative estimate of drug-likeness (QED) is 0.779. The number of nitrogens with one attached hydrogen (secondary N) is 1. The van der Waals surface area contributed by atoms with E-state index in [0.29, 0.717) is 24.2 Å². The molecule has 0 saturated heterocycles. The Kier molecular flexibility index (Phi) is 4.86. The van der Waals surface area contributed by atoms with Crippen molar-refractivity contribution >= 4 is 5.91 Å². The summed E-state index contributed by atoms with van der Waals surface area (Å²) in [5.41, 5.74) is 3.09. The van der Waals surface area contributed by atoms with Gasteiger partial charge >= 0.3 is 0 Å². The molecule has 1 N–H and O–H groups in total. The molecule has 1 aromatic carbocycles. The molecule has 2 heterocycles. The molecule has 0 aliphatic carbocycles. The second-order valence-electron chi connectivity index (χ2n) is 5.56. The van der Waals surface area contributed by atoms with Gasteiger partial charge in [-0.25, -0.2) is 4.98 Å². The van der Waals surface area contributed by atoms with E-state index in [1.54, 1.807) is 36.7 Å². The molecule has 3 aromatic rings. The fourth-order valence-electron chi connectivity index (χ4n) is 2.55. The molecule has 25 heavy (non-hydrogen) atoms. The zero-order valence-corrected chi connectivity index (χ0v) is 13.8. The van der Waals surface area contributed by atoms with Crippen LogP contribution in [0.15, 0.2) is 55.0 Å². The molecule has 124 valence electrons. The Morgan fingerprint density at radius 1 is 1.20 bits per heavy atom. The van der Waals surface area contributed by atoms with Crippen LogP contribution in [0, 0.1) is 18.3 Å². The Morgan fingerprint density at radius 2 is 1.92 bits per heavy atom. The van der Waals surface area contributed by atoms with Crippen molar-refractivity contribution in [2.24, 2.45) is 0 Å². The molecule has 6 heteroatoms. The van der Waals surface area contributed by atoms with E-state index >= 15 is 0 Å². The van der Waals surface area contributed by atoms with Crippen LogP contribution in [0.3, 0.4) is 0 Å². The second-order valence-corrected chi connectivity index (χ2v) is 5.56. The predicted octanol–water partition coefficient (Wildman–Crippen LogP) is 2.56. The van der Waals surface area contributed by atoms with Crippen LogP contribution < -0.4 is 5.32 Å². The highest BCUT2D eigenvalue weighted by Gasteiger charge is 2.10. The third-order valence-electron chi connectivity index (χ3n) is 3.89.